The van der Waals surface area contributed by atoms with Gasteiger partial charge in [0.1, 0.15) is 24.3 Å². The van der Waals surface area contributed by atoms with Crippen LogP contribution in [0.25, 0.3) is 9.44 Å². The average molecular weight is 962 g/mol. The van der Waals surface area contributed by atoms with Gasteiger partial charge in [0.25, 0.3) is 11.9 Å². The van der Waals surface area contributed by atoms with E-state index in [1.54, 1.807) is 48.2 Å². The number of fused-ring (bicyclic) bond motifs is 2. The zero-order valence-corrected chi connectivity index (χ0v) is 35.4. The smallest absolute Gasteiger partial charge is 0.568 e. The van der Waals surface area contributed by atoms with E-state index in [2.05, 4.69) is 39.9 Å². The van der Waals surface area contributed by atoms with Gasteiger partial charge >= 0.3 is 27.5 Å². The number of sulfonamides is 2. The Bertz CT molecular complexity index is 2710. The number of hydrogen-bond donors (Lipinski definition) is 0. The second-order valence-electron chi connectivity index (χ2n) is 13.2. The van der Waals surface area contributed by atoms with E-state index in [9.17, 15) is 43.2 Å². The van der Waals surface area contributed by atoms with Gasteiger partial charge in [-0.1, -0.05) is 23.5 Å². The van der Waals surface area contributed by atoms with Crippen LogP contribution in [0.3, 0.4) is 0 Å². The van der Waals surface area contributed by atoms with Crippen LogP contribution in [0, 0.1) is 45.3 Å². The van der Waals surface area contributed by atoms with Gasteiger partial charge in [-0.25, -0.2) is 16.8 Å². The number of nitriles is 4. The topological polar surface area (TPSA) is 283 Å². The Balaban J connectivity index is 0.000000272. The molecule has 0 bridgehead atoms. The molecule has 0 fully saturated rings. The largest absolute Gasteiger partial charge is 2.00 e. The van der Waals surface area contributed by atoms with Crippen LogP contribution in [-0.4, -0.2) is 74.1 Å². The minimum absolute atomic E-state index is 0. The second-order valence-corrected chi connectivity index (χ2v) is 16.4. The number of aryl methyl sites for hydroxylation is 2. The molecule has 332 valence electrons. The van der Waals surface area contributed by atoms with Crippen molar-refractivity contribution in [3.8, 4) is 24.3 Å². The molecule has 29 heteroatoms. The fraction of sp³-hybridized carbons (Fsp3) is 0.353. The van der Waals surface area contributed by atoms with Crippen LogP contribution in [-0.2, 0) is 63.5 Å². The first kappa shape index (κ1) is 48.9. The molecule has 0 amide bonds. The van der Waals surface area contributed by atoms with Gasteiger partial charge in [-0.3, -0.25) is 0 Å². The summed E-state index contributed by atoms with van der Waals surface area (Å²) in [7, 11) is -5.38. The standard InChI is InChI=1S/2C17H14F3N8O2S.Ni/c2*1-27-5-3-4-10-6-11(12(7-14(10)27)26-31(29,30)17(18,19)20)24-25-16-23-13(8-21)15(9-22)28(16)2;/h2*6-7H,3-5H2,1-2H3;/q2*-1;+2. The third-order valence-corrected chi connectivity index (χ3v) is 11.2. The van der Waals surface area contributed by atoms with Crippen molar-refractivity contribution < 1.29 is 59.7 Å². The van der Waals surface area contributed by atoms with E-state index in [0.717, 1.165) is 24.0 Å². The van der Waals surface area contributed by atoms with Crippen molar-refractivity contribution in [3.05, 3.63) is 67.6 Å². The average Bonchev–Trinajstić information content (AvgIpc) is 3.69. The summed E-state index contributed by atoms with van der Waals surface area (Å²) in [6.45, 7) is 1.28. The zero-order chi connectivity index (χ0) is 45.9. The van der Waals surface area contributed by atoms with Gasteiger partial charge in [-0.15, -0.1) is 20.5 Å². The third kappa shape index (κ3) is 10.3. The van der Waals surface area contributed by atoms with Crippen LogP contribution < -0.4 is 9.80 Å². The van der Waals surface area contributed by atoms with E-state index in [1.807, 2.05) is 0 Å². The number of nitrogens with zero attached hydrogens (tertiary/aromatic N) is 16. The maximum Gasteiger partial charge on any atom is 2.00 e. The second kappa shape index (κ2) is 18.7. The number of azo groups is 2. The summed E-state index contributed by atoms with van der Waals surface area (Å²) in [5.41, 5.74) is -10.7. The fourth-order valence-electron chi connectivity index (χ4n) is 6.01. The molecule has 2 aliphatic heterocycles. The molecule has 4 aromatic rings. The molecular weight excluding hydrogens is 933 g/mol. The van der Waals surface area contributed by atoms with Crippen LogP contribution in [0.2, 0.25) is 0 Å². The zero-order valence-electron chi connectivity index (χ0n) is 32.7. The number of anilines is 2. The van der Waals surface area contributed by atoms with Crippen LogP contribution in [0.5, 0.6) is 0 Å². The van der Waals surface area contributed by atoms with Crippen molar-refractivity contribution in [1.29, 1.82) is 21.0 Å². The number of imidazole rings is 2. The van der Waals surface area contributed by atoms with Gasteiger partial charge < -0.3 is 28.4 Å². The number of hydrogen-bond acceptors (Lipinski definition) is 16. The molecule has 20 nitrogen and oxygen atoms in total. The molecule has 4 heterocycles. The fourth-order valence-corrected chi connectivity index (χ4v) is 7.03. The molecule has 0 N–H and O–H groups in total. The Kier molecular flexibility index (Phi) is 14.5. The summed E-state index contributed by atoms with van der Waals surface area (Å²) >= 11 is 0. The molecule has 0 aliphatic carbocycles. The van der Waals surface area contributed by atoms with Gasteiger partial charge in [0.05, 0.1) is 11.4 Å². The first-order valence-electron chi connectivity index (χ1n) is 17.4. The van der Waals surface area contributed by atoms with Gasteiger partial charge in [0.15, 0.2) is 42.8 Å². The molecule has 0 spiro atoms. The van der Waals surface area contributed by atoms with Crippen molar-refractivity contribution in [2.45, 2.75) is 36.7 Å². The summed E-state index contributed by atoms with van der Waals surface area (Å²) in [5, 5.41) is 51.6. The molecule has 0 unspecified atom stereocenters. The Morgan fingerprint density at radius 3 is 1.24 bits per heavy atom. The summed E-state index contributed by atoms with van der Waals surface area (Å²) < 4.78 is 132. The molecular formula is C34H28F6N16NiO4S2. The van der Waals surface area contributed by atoms with E-state index in [-0.39, 0.29) is 62.5 Å². The van der Waals surface area contributed by atoms with E-state index < -0.39 is 42.4 Å². The molecule has 63 heavy (non-hydrogen) atoms. The van der Waals surface area contributed by atoms with E-state index in [0.29, 0.717) is 37.3 Å². The predicted octanol–water partition coefficient (Wildman–Crippen LogP) is 7.63. The van der Waals surface area contributed by atoms with Crippen molar-refractivity contribution in [3.63, 3.8) is 0 Å². The van der Waals surface area contributed by atoms with Crippen LogP contribution in [0.1, 0.15) is 46.7 Å². The maximum absolute atomic E-state index is 12.9. The van der Waals surface area contributed by atoms with Gasteiger partial charge in [-0.2, -0.15) is 57.4 Å². The molecule has 0 saturated carbocycles. The van der Waals surface area contributed by atoms with E-state index >= 15 is 0 Å². The maximum atomic E-state index is 12.9. The van der Waals surface area contributed by atoms with Crippen molar-refractivity contribution in [2.24, 2.45) is 34.6 Å². The molecule has 0 radical (unpaired) electrons. The Morgan fingerprint density at radius 1 is 0.603 bits per heavy atom. The van der Waals surface area contributed by atoms with Crippen LogP contribution >= 0.6 is 0 Å². The first-order chi connectivity index (χ1) is 29.0. The molecule has 2 aromatic carbocycles. The molecule has 2 aliphatic rings. The Hall–Kier alpha value is -6.81. The van der Waals surface area contributed by atoms with Crippen molar-refractivity contribution >= 4 is 66.1 Å². The van der Waals surface area contributed by atoms with E-state index in [4.69, 9.17) is 21.0 Å². The summed E-state index contributed by atoms with van der Waals surface area (Å²) in [6, 6.07) is 12.3. The Labute approximate surface area is 364 Å². The number of benzene rings is 2. The van der Waals surface area contributed by atoms with Gasteiger partial charge in [-0.05, 0) is 48.9 Å². The van der Waals surface area contributed by atoms with Crippen LogP contribution in [0.15, 0.2) is 44.7 Å². The first-order valence-corrected chi connectivity index (χ1v) is 20.3. The number of halogens is 6. The van der Waals surface area contributed by atoms with Gasteiger partial charge in [0.2, 0.25) is 0 Å². The third-order valence-electron chi connectivity index (χ3n) is 9.14. The minimum Gasteiger partial charge on any atom is -0.568 e. The number of alkyl halides is 6. The van der Waals surface area contributed by atoms with E-state index in [1.165, 1.54) is 47.5 Å². The summed E-state index contributed by atoms with van der Waals surface area (Å²) in [5.74, 6) is -0.319. The molecule has 0 saturated heterocycles. The summed E-state index contributed by atoms with van der Waals surface area (Å²) in [4.78, 5) is 11.2. The summed E-state index contributed by atoms with van der Waals surface area (Å²) in [6.07, 6.45) is 2.78. The number of rotatable bonds is 8. The quantitative estimate of drug-likeness (QED) is 0.0936. The minimum atomic E-state index is -5.82. The van der Waals surface area contributed by atoms with Crippen molar-refractivity contribution in [1.82, 2.24) is 19.1 Å². The monoisotopic (exact) mass is 960 g/mol. The number of aromatic nitrogens is 4. The van der Waals surface area contributed by atoms with Gasteiger partial charge in [0, 0.05) is 52.7 Å². The SMILES string of the molecule is CN1CCCc2cc(N=Nc3nc(C#N)c(C#N)n3C)c([N-]S(=O)(=O)C(F)(F)F)cc21.CN1CCCc2cc(N=Nc3nc(C#N)c(C#N)n3C)c([N-]S(=O)(=O)C(F)(F)F)cc21.[Ni+2]. The van der Waals surface area contributed by atoms with Crippen LogP contribution in [0.4, 0.5) is 72.4 Å². The Morgan fingerprint density at radius 2 is 0.952 bits per heavy atom. The normalized spacial score (nSPS) is 14.0. The molecule has 2 aromatic heterocycles. The molecule has 0 atom stereocenters. The molecule has 6 rings (SSSR count). The van der Waals surface area contributed by atoms with Crippen molar-refractivity contribution in [2.75, 3.05) is 37.0 Å². The predicted molar refractivity (Wildman–Crippen MR) is 206 cm³/mol.